The molecule has 0 aliphatic rings. The van der Waals surface area contributed by atoms with Crippen molar-refractivity contribution in [3.63, 3.8) is 0 Å². The van der Waals surface area contributed by atoms with Crippen molar-refractivity contribution < 1.29 is 14.3 Å². The van der Waals surface area contributed by atoms with E-state index in [0.29, 0.717) is 6.42 Å². The van der Waals surface area contributed by atoms with Crippen LogP contribution in [0.15, 0.2) is 18.2 Å². The van der Waals surface area contributed by atoms with Gasteiger partial charge < -0.3 is 5.11 Å². The Bertz CT molecular complexity index is 610. The van der Waals surface area contributed by atoms with E-state index in [1.807, 2.05) is 6.92 Å². The molecule has 0 saturated carbocycles. The summed E-state index contributed by atoms with van der Waals surface area (Å²) in [5, 5.41) is 14.9. The first kappa shape index (κ1) is 12.6. The summed E-state index contributed by atoms with van der Waals surface area (Å²) in [7, 11) is 0. The Hall–Kier alpha value is -1.88. The van der Waals surface area contributed by atoms with E-state index in [-0.39, 0.29) is 22.0 Å². The Kier molecular flexibility index (Phi) is 3.34. The zero-order valence-corrected chi connectivity index (χ0v) is 10.3. The second kappa shape index (κ2) is 4.78. The van der Waals surface area contributed by atoms with Gasteiger partial charge in [0.1, 0.15) is 5.69 Å². The fourth-order valence-corrected chi connectivity index (χ4v) is 1.85. The van der Waals surface area contributed by atoms with Crippen molar-refractivity contribution in [1.29, 1.82) is 0 Å². The second-order valence-electron chi connectivity index (χ2n) is 3.76. The lowest BCUT2D eigenvalue weighted by molar-refractivity contribution is 0.0690. The van der Waals surface area contributed by atoms with Crippen molar-refractivity contribution in [2.24, 2.45) is 0 Å². The summed E-state index contributed by atoms with van der Waals surface area (Å²) in [5.74, 6) is -1.75. The van der Waals surface area contributed by atoms with Gasteiger partial charge in [0.25, 0.3) is 0 Å². The van der Waals surface area contributed by atoms with Gasteiger partial charge in [-0.25, -0.2) is 9.18 Å². The number of nitrogens with one attached hydrogen (secondary N) is 1. The van der Waals surface area contributed by atoms with Gasteiger partial charge in [-0.05, 0) is 30.2 Å². The molecule has 18 heavy (non-hydrogen) atoms. The SMILES string of the molecule is CCc1cc(Cl)c(F)c(-c2cc(C(=O)O)[nH]n2)c1. The highest BCUT2D eigenvalue weighted by atomic mass is 35.5. The quantitative estimate of drug-likeness (QED) is 0.899. The first-order chi connectivity index (χ1) is 8.52. The first-order valence-corrected chi connectivity index (χ1v) is 5.67. The lowest BCUT2D eigenvalue weighted by Crippen LogP contribution is -1.95. The number of carboxylic acid groups (broad SMARTS) is 1. The van der Waals surface area contributed by atoms with Gasteiger partial charge in [0, 0.05) is 5.56 Å². The van der Waals surface area contributed by atoms with Crippen LogP contribution in [0.1, 0.15) is 23.0 Å². The molecule has 1 heterocycles. The van der Waals surface area contributed by atoms with Crippen LogP contribution in [0, 0.1) is 5.82 Å². The Labute approximate surface area is 107 Å². The molecule has 94 valence electrons. The van der Waals surface area contributed by atoms with Crippen molar-refractivity contribution in [3.05, 3.63) is 40.3 Å². The molecule has 0 aliphatic carbocycles. The van der Waals surface area contributed by atoms with E-state index < -0.39 is 11.8 Å². The number of aromatic carboxylic acids is 1. The summed E-state index contributed by atoms with van der Waals surface area (Å²) in [6.07, 6.45) is 0.698. The number of H-pyrrole nitrogens is 1. The Balaban J connectivity index is 2.55. The summed E-state index contributed by atoms with van der Waals surface area (Å²) in [6.45, 7) is 1.92. The molecule has 0 amide bonds. The van der Waals surface area contributed by atoms with Crippen molar-refractivity contribution in [2.75, 3.05) is 0 Å². The molecule has 2 rings (SSSR count). The highest BCUT2D eigenvalue weighted by Crippen LogP contribution is 2.28. The Morgan fingerprint density at radius 2 is 2.22 bits per heavy atom. The molecule has 0 saturated heterocycles. The van der Waals surface area contributed by atoms with Gasteiger partial charge in [-0.15, -0.1) is 0 Å². The molecule has 2 aromatic rings. The normalized spacial score (nSPS) is 10.6. The van der Waals surface area contributed by atoms with Gasteiger partial charge in [0.15, 0.2) is 5.82 Å². The van der Waals surface area contributed by atoms with Gasteiger partial charge in [0.05, 0.1) is 10.7 Å². The molecular weight excluding hydrogens is 259 g/mol. The van der Waals surface area contributed by atoms with Crippen molar-refractivity contribution >= 4 is 17.6 Å². The largest absolute Gasteiger partial charge is 0.477 e. The Morgan fingerprint density at radius 1 is 1.50 bits per heavy atom. The van der Waals surface area contributed by atoms with Crippen LogP contribution in [0.25, 0.3) is 11.3 Å². The minimum Gasteiger partial charge on any atom is -0.477 e. The monoisotopic (exact) mass is 268 g/mol. The van der Waals surface area contributed by atoms with E-state index in [9.17, 15) is 9.18 Å². The maximum Gasteiger partial charge on any atom is 0.353 e. The molecule has 1 aromatic carbocycles. The number of carbonyl (C=O) groups is 1. The predicted molar refractivity (Wildman–Crippen MR) is 65.3 cm³/mol. The molecule has 0 fully saturated rings. The molecule has 2 N–H and O–H groups in total. The third-order valence-electron chi connectivity index (χ3n) is 2.58. The maximum atomic E-state index is 13.9. The summed E-state index contributed by atoms with van der Waals surface area (Å²) in [4.78, 5) is 10.7. The van der Waals surface area contributed by atoms with Gasteiger partial charge >= 0.3 is 5.97 Å². The zero-order valence-electron chi connectivity index (χ0n) is 9.50. The number of hydrogen-bond donors (Lipinski definition) is 2. The lowest BCUT2D eigenvalue weighted by Gasteiger charge is -2.05. The predicted octanol–water partition coefficient (Wildman–Crippen LogP) is 3.13. The summed E-state index contributed by atoms with van der Waals surface area (Å²) < 4.78 is 13.9. The van der Waals surface area contributed by atoms with Gasteiger partial charge in [-0.2, -0.15) is 5.10 Å². The van der Waals surface area contributed by atoms with Gasteiger partial charge in [0.2, 0.25) is 0 Å². The number of rotatable bonds is 3. The summed E-state index contributed by atoms with van der Waals surface area (Å²) in [6, 6.07) is 4.44. The van der Waals surface area contributed by atoms with Crippen LogP contribution in [-0.2, 0) is 6.42 Å². The lowest BCUT2D eigenvalue weighted by atomic mass is 10.1. The van der Waals surface area contributed by atoms with Crippen LogP contribution in [0.5, 0.6) is 0 Å². The van der Waals surface area contributed by atoms with Gasteiger partial charge in [-0.1, -0.05) is 18.5 Å². The number of aryl methyl sites for hydroxylation is 1. The van der Waals surface area contributed by atoms with Crippen LogP contribution in [-0.4, -0.2) is 21.3 Å². The highest BCUT2D eigenvalue weighted by Gasteiger charge is 2.15. The van der Waals surface area contributed by atoms with E-state index >= 15 is 0 Å². The van der Waals surface area contributed by atoms with E-state index in [1.165, 1.54) is 6.07 Å². The molecular formula is C12H10ClFN2O2. The molecule has 0 unspecified atom stereocenters. The fourth-order valence-electron chi connectivity index (χ4n) is 1.60. The van der Waals surface area contributed by atoms with Crippen LogP contribution in [0.2, 0.25) is 5.02 Å². The number of aromatic nitrogens is 2. The van der Waals surface area contributed by atoms with Crippen LogP contribution in [0.3, 0.4) is 0 Å². The smallest absolute Gasteiger partial charge is 0.353 e. The summed E-state index contributed by atoms with van der Waals surface area (Å²) in [5.41, 5.74) is 1.18. The average Bonchev–Trinajstić information content (AvgIpc) is 2.82. The highest BCUT2D eigenvalue weighted by molar-refractivity contribution is 6.31. The molecule has 4 nitrogen and oxygen atoms in total. The third-order valence-corrected chi connectivity index (χ3v) is 2.86. The third kappa shape index (κ3) is 2.22. The number of aromatic amines is 1. The average molecular weight is 269 g/mol. The number of benzene rings is 1. The first-order valence-electron chi connectivity index (χ1n) is 5.30. The van der Waals surface area contributed by atoms with E-state index in [2.05, 4.69) is 10.2 Å². The molecule has 0 radical (unpaired) electrons. The molecule has 0 aliphatic heterocycles. The topological polar surface area (TPSA) is 66.0 Å². The van der Waals surface area contributed by atoms with Crippen molar-refractivity contribution in [2.45, 2.75) is 13.3 Å². The van der Waals surface area contributed by atoms with Crippen molar-refractivity contribution in [3.8, 4) is 11.3 Å². The maximum absolute atomic E-state index is 13.9. The van der Waals surface area contributed by atoms with Gasteiger partial charge in [-0.3, -0.25) is 5.10 Å². The Morgan fingerprint density at radius 3 is 2.78 bits per heavy atom. The minimum absolute atomic E-state index is 0.00391. The van der Waals surface area contributed by atoms with Crippen LogP contribution >= 0.6 is 11.6 Å². The number of carboxylic acids is 1. The molecule has 0 atom stereocenters. The van der Waals surface area contributed by atoms with E-state index in [1.54, 1.807) is 12.1 Å². The molecule has 0 bridgehead atoms. The number of hydrogen-bond acceptors (Lipinski definition) is 2. The standard InChI is InChI=1S/C12H10ClFN2O2/c1-2-6-3-7(11(14)8(13)4-6)9-5-10(12(17)18)16-15-9/h3-5H,2H2,1H3,(H,15,16)(H,17,18). The molecule has 1 aromatic heterocycles. The van der Waals surface area contributed by atoms with Crippen molar-refractivity contribution in [1.82, 2.24) is 10.2 Å². The zero-order chi connectivity index (χ0) is 13.3. The molecule has 0 spiro atoms. The summed E-state index contributed by atoms with van der Waals surface area (Å²) >= 11 is 5.79. The van der Waals surface area contributed by atoms with Crippen LogP contribution in [0.4, 0.5) is 4.39 Å². The molecule has 6 heteroatoms. The fraction of sp³-hybridized carbons (Fsp3) is 0.167. The number of halogens is 2. The van der Waals surface area contributed by atoms with E-state index in [4.69, 9.17) is 16.7 Å². The minimum atomic E-state index is -1.15. The second-order valence-corrected chi connectivity index (χ2v) is 4.17. The van der Waals surface area contributed by atoms with Crippen LogP contribution < -0.4 is 0 Å². The number of nitrogens with zero attached hydrogens (tertiary/aromatic N) is 1. The van der Waals surface area contributed by atoms with E-state index in [0.717, 1.165) is 5.56 Å².